The third kappa shape index (κ3) is 3.91. The predicted octanol–water partition coefficient (Wildman–Crippen LogP) is 0.923. The molecule has 4 heteroatoms. The average molecular weight is 270 g/mol. The van der Waals surface area contributed by atoms with Crippen LogP contribution in [0, 0.1) is 5.92 Å². The van der Waals surface area contributed by atoms with E-state index in [1.807, 2.05) is 0 Å². The third-order valence-corrected chi connectivity index (χ3v) is 4.91. The smallest absolute Gasteiger partial charge is 0.0670 e. The fourth-order valence-electron chi connectivity index (χ4n) is 3.57. The molecule has 2 rings (SSSR count). The van der Waals surface area contributed by atoms with Crippen molar-refractivity contribution in [2.75, 3.05) is 26.2 Å². The number of hydrogen-bond donors (Lipinski definition) is 2. The third-order valence-electron chi connectivity index (χ3n) is 4.91. The maximum atomic E-state index is 10.1. The lowest BCUT2D eigenvalue weighted by Gasteiger charge is -2.45. The molecule has 4 nitrogen and oxygen atoms in total. The first kappa shape index (κ1) is 15.2. The molecule has 2 aliphatic heterocycles. The Labute approximate surface area is 117 Å². The highest BCUT2D eigenvalue weighted by atomic mass is 16.3. The maximum absolute atomic E-state index is 10.1. The summed E-state index contributed by atoms with van der Waals surface area (Å²) in [6.07, 6.45) is 2.57. The molecule has 19 heavy (non-hydrogen) atoms. The van der Waals surface area contributed by atoms with Crippen LogP contribution in [0.25, 0.3) is 0 Å². The standard InChI is InChI=1S/C15H30N2O2/c1-11(2)17-8-13(7-15(19)10-17)12(3)16-6-4-5-14(18)9-16/h11-15,18-19H,4-10H2,1-3H3/t12?,13?,14-,15?/m0/s1. The lowest BCUT2D eigenvalue weighted by molar-refractivity contribution is -0.0214. The molecule has 0 spiro atoms. The van der Waals surface area contributed by atoms with Gasteiger partial charge in [0.1, 0.15) is 0 Å². The summed E-state index contributed by atoms with van der Waals surface area (Å²) in [5.74, 6) is 0.511. The Morgan fingerprint density at radius 1 is 0.947 bits per heavy atom. The van der Waals surface area contributed by atoms with Crippen molar-refractivity contribution < 1.29 is 10.2 Å². The van der Waals surface area contributed by atoms with Crippen molar-refractivity contribution >= 4 is 0 Å². The van der Waals surface area contributed by atoms with Crippen molar-refractivity contribution in [3.8, 4) is 0 Å². The molecule has 2 N–H and O–H groups in total. The van der Waals surface area contributed by atoms with Crippen molar-refractivity contribution in [3.63, 3.8) is 0 Å². The van der Waals surface area contributed by atoms with Gasteiger partial charge in [-0.1, -0.05) is 0 Å². The zero-order valence-corrected chi connectivity index (χ0v) is 12.6. The molecular formula is C15H30N2O2. The molecule has 0 radical (unpaired) electrons. The second kappa shape index (κ2) is 6.53. The molecule has 112 valence electrons. The summed E-state index contributed by atoms with van der Waals surface area (Å²) < 4.78 is 0. The Hall–Kier alpha value is -0.160. The van der Waals surface area contributed by atoms with E-state index in [4.69, 9.17) is 0 Å². The first-order valence-corrected chi connectivity index (χ1v) is 7.81. The first-order chi connectivity index (χ1) is 8.97. The van der Waals surface area contributed by atoms with E-state index >= 15 is 0 Å². The number of piperidine rings is 2. The van der Waals surface area contributed by atoms with E-state index in [-0.39, 0.29) is 12.2 Å². The molecule has 0 aromatic rings. The summed E-state index contributed by atoms with van der Waals surface area (Å²) in [6.45, 7) is 10.4. The second-order valence-electron chi connectivity index (χ2n) is 6.73. The first-order valence-electron chi connectivity index (χ1n) is 7.81. The van der Waals surface area contributed by atoms with Crippen LogP contribution in [0.3, 0.4) is 0 Å². The molecular weight excluding hydrogens is 240 g/mol. The van der Waals surface area contributed by atoms with Crippen LogP contribution in [0.5, 0.6) is 0 Å². The molecule has 2 aliphatic rings. The summed E-state index contributed by atoms with van der Waals surface area (Å²) in [7, 11) is 0. The summed E-state index contributed by atoms with van der Waals surface area (Å²) >= 11 is 0. The molecule has 4 atom stereocenters. The number of nitrogens with zero attached hydrogens (tertiary/aromatic N) is 2. The Morgan fingerprint density at radius 3 is 2.26 bits per heavy atom. The van der Waals surface area contributed by atoms with Crippen molar-refractivity contribution in [3.05, 3.63) is 0 Å². The van der Waals surface area contributed by atoms with Gasteiger partial charge in [0.05, 0.1) is 12.2 Å². The highest BCUT2D eigenvalue weighted by molar-refractivity contribution is 4.88. The van der Waals surface area contributed by atoms with Crippen LogP contribution in [-0.2, 0) is 0 Å². The number of rotatable bonds is 3. The Balaban J connectivity index is 1.95. The molecule has 2 saturated heterocycles. The highest BCUT2D eigenvalue weighted by Crippen LogP contribution is 2.26. The van der Waals surface area contributed by atoms with Crippen LogP contribution in [0.1, 0.15) is 40.0 Å². The second-order valence-corrected chi connectivity index (χ2v) is 6.73. The van der Waals surface area contributed by atoms with Gasteiger partial charge in [0, 0.05) is 31.7 Å². The highest BCUT2D eigenvalue weighted by Gasteiger charge is 2.34. The maximum Gasteiger partial charge on any atom is 0.0670 e. The number of aliphatic hydroxyl groups excluding tert-OH is 2. The van der Waals surface area contributed by atoms with E-state index in [1.165, 1.54) is 0 Å². The average Bonchev–Trinajstić information content (AvgIpc) is 2.37. The topological polar surface area (TPSA) is 46.9 Å². The number of likely N-dealkylation sites (tertiary alicyclic amines) is 2. The fraction of sp³-hybridized carbons (Fsp3) is 1.00. The zero-order chi connectivity index (χ0) is 14.0. The zero-order valence-electron chi connectivity index (χ0n) is 12.6. The van der Waals surface area contributed by atoms with E-state index in [0.29, 0.717) is 18.0 Å². The lowest BCUT2D eigenvalue weighted by Crippen LogP contribution is -2.54. The van der Waals surface area contributed by atoms with Crippen LogP contribution in [-0.4, -0.2) is 70.5 Å². The normalized spacial score (nSPS) is 36.6. The van der Waals surface area contributed by atoms with Gasteiger partial charge in [-0.2, -0.15) is 0 Å². The van der Waals surface area contributed by atoms with Crippen molar-refractivity contribution in [1.82, 2.24) is 9.80 Å². The molecule has 0 aromatic carbocycles. The summed E-state index contributed by atoms with van der Waals surface area (Å²) in [4.78, 5) is 4.80. The molecule has 0 aliphatic carbocycles. The van der Waals surface area contributed by atoms with E-state index in [9.17, 15) is 10.2 Å². The van der Waals surface area contributed by atoms with Crippen molar-refractivity contribution in [2.45, 2.75) is 64.3 Å². The molecule has 0 aromatic heterocycles. The number of hydrogen-bond acceptors (Lipinski definition) is 4. The van der Waals surface area contributed by atoms with Gasteiger partial charge < -0.3 is 10.2 Å². The van der Waals surface area contributed by atoms with Gasteiger partial charge in [0.25, 0.3) is 0 Å². The summed E-state index contributed by atoms with van der Waals surface area (Å²) in [5.41, 5.74) is 0. The van der Waals surface area contributed by atoms with E-state index in [0.717, 1.165) is 45.4 Å². The van der Waals surface area contributed by atoms with Gasteiger partial charge in [-0.25, -0.2) is 0 Å². The van der Waals surface area contributed by atoms with Crippen LogP contribution in [0.15, 0.2) is 0 Å². The minimum Gasteiger partial charge on any atom is -0.392 e. The monoisotopic (exact) mass is 270 g/mol. The Morgan fingerprint density at radius 2 is 1.63 bits per heavy atom. The van der Waals surface area contributed by atoms with Gasteiger partial charge in [-0.05, 0) is 52.5 Å². The number of aliphatic hydroxyl groups is 2. The van der Waals surface area contributed by atoms with Crippen LogP contribution in [0.4, 0.5) is 0 Å². The van der Waals surface area contributed by atoms with Gasteiger partial charge >= 0.3 is 0 Å². The van der Waals surface area contributed by atoms with Gasteiger partial charge in [-0.3, -0.25) is 9.80 Å². The largest absolute Gasteiger partial charge is 0.392 e. The Kier molecular flexibility index (Phi) is 5.23. The number of β-amino-alcohol motifs (C(OH)–C–C–N with tert-alkyl or cyclic N) is 2. The molecule has 2 fully saturated rings. The van der Waals surface area contributed by atoms with E-state index < -0.39 is 0 Å². The van der Waals surface area contributed by atoms with Crippen molar-refractivity contribution in [1.29, 1.82) is 0 Å². The quantitative estimate of drug-likeness (QED) is 0.801. The van der Waals surface area contributed by atoms with E-state index in [1.54, 1.807) is 0 Å². The SMILES string of the molecule is CC(C)N1CC(O)CC(C(C)N2CCC[C@H](O)C2)C1. The van der Waals surface area contributed by atoms with Crippen LogP contribution in [0.2, 0.25) is 0 Å². The minimum absolute atomic E-state index is 0.161. The van der Waals surface area contributed by atoms with Crippen LogP contribution < -0.4 is 0 Å². The molecule has 0 amide bonds. The molecule has 3 unspecified atom stereocenters. The Bertz CT molecular complexity index is 285. The molecule has 2 heterocycles. The van der Waals surface area contributed by atoms with E-state index in [2.05, 4.69) is 30.6 Å². The molecule has 0 bridgehead atoms. The molecule has 0 saturated carbocycles. The van der Waals surface area contributed by atoms with Gasteiger partial charge in [0.2, 0.25) is 0 Å². The summed E-state index contributed by atoms with van der Waals surface area (Å²) in [5, 5.41) is 19.9. The van der Waals surface area contributed by atoms with Crippen LogP contribution >= 0.6 is 0 Å². The minimum atomic E-state index is -0.196. The van der Waals surface area contributed by atoms with Gasteiger partial charge in [-0.15, -0.1) is 0 Å². The van der Waals surface area contributed by atoms with Crippen molar-refractivity contribution in [2.24, 2.45) is 5.92 Å². The van der Waals surface area contributed by atoms with Gasteiger partial charge in [0.15, 0.2) is 0 Å². The lowest BCUT2D eigenvalue weighted by atomic mass is 9.87. The predicted molar refractivity (Wildman–Crippen MR) is 77.1 cm³/mol. The fourth-order valence-corrected chi connectivity index (χ4v) is 3.57. The summed E-state index contributed by atoms with van der Waals surface area (Å²) in [6, 6.07) is 0.947.